The number of furan rings is 1. The number of benzene rings is 2. The Labute approximate surface area is 132 Å². The van der Waals surface area contributed by atoms with Crippen molar-refractivity contribution in [1.29, 1.82) is 0 Å². The molecular formula is C18H15NO2S. The first-order chi connectivity index (χ1) is 10.8. The van der Waals surface area contributed by atoms with Crippen LogP contribution in [0.2, 0.25) is 0 Å². The summed E-state index contributed by atoms with van der Waals surface area (Å²) in [4.78, 5) is 13.7. The molecule has 0 saturated heterocycles. The summed E-state index contributed by atoms with van der Waals surface area (Å²) in [5.41, 5.74) is 1.94. The minimum atomic E-state index is -0.150. The zero-order chi connectivity index (χ0) is 14.9. The number of fused-ring (bicyclic) bond motifs is 2. The molecule has 1 N–H and O–H groups in total. The maximum Gasteiger partial charge on any atom is 0.287 e. The van der Waals surface area contributed by atoms with Gasteiger partial charge in [-0.1, -0.05) is 36.4 Å². The van der Waals surface area contributed by atoms with Gasteiger partial charge in [-0.2, -0.15) is 0 Å². The fourth-order valence-corrected chi connectivity index (χ4v) is 3.94. The van der Waals surface area contributed by atoms with Crippen molar-refractivity contribution in [2.45, 2.75) is 17.4 Å². The van der Waals surface area contributed by atoms with E-state index < -0.39 is 0 Å². The van der Waals surface area contributed by atoms with Gasteiger partial charge in [-0.25, -0.2) is 0 Å². The molecular weight excluding hydrogens is 294 g/mol. The zero-order valence-electron chi connectivity index (χ0n) is 11.9. The first kappa shape index (κ1) is 13.5. The van der Waals surface area contributed by atoms with E-state index in [1.807, 2.05) is 48.2 Å². The summed E-state index contributed by atoms with van der Waals surface area (Å²) in [7, 11) is 0. The minimum absolute atomic E-state index is 0.0539. The van der Waals surface area contributed by atoms with Crippen molar-refractivity contribution in [2.75, 3.05) is 5.75 Å². The van der Waals surface area contributed by atoms with E-state index in [1.165, 1.54) is 10.5 Å². The van der Waals surface area contributed by atoms with E-state index in [0.29, 0.717) is 5.76 Å². The predicted octanol–water partition coefficient (Wildman–Crippen LogP) is 4.40. The van der Waals surface area contributed by atoms with Gasteiger partial charge in [-0.3, -0.25) is 4.79 Å². The van der Waals surface area contributed by atoms with E-state index in [4.69, 9.17) is 4.42 Å². The molecule has 1 atom stereocenters. The van der Waals surface area contributed by atoms with E-state index in [2.05, 4.69) is 17.4 Å². The van der Waals surface area contributed by atoms with Gasteiger partial charge in [0, 0.05) is 16.0 Å². The Morgan fingerprint density at radius 2 is 1.95 bits per heavy atom. The van der Waals surface area contributed by atoms with Crippen LogP contribution in [0.15, 0.2) is 63.9 Å². The third-order valence-electron chi connectivity index (χ3n) is 3.91. The van der Waals surface area contributed by atoms with Crippen LogP contribution < -0.4 is 5.32 Å². The predicted molar refractivity (Wildman–Crippen MR) is 88.2 cm³/mol. The molecule has 22 heavy (non-hydrogen) atoms. The van der Waals surface area contributed by atoms with Crippen LogP contribution in [0.25, 0.3) is 11.0 Å². The van der Waals surface area contributed by atoms with Gasteiger partial charge in [-0.15, -0.1) is 11.8 Å². The standard InChI is InChI=1S/C18H15NO2S/c20-18(16-11-12-5-1-3-7-15(12)21-16)19-14-9-10-22-17-8-4-2-6-13(14)17/h1-8,11,14H,9-10H2,(H,19,20). The Bertz CT molecular complexity index is 807. The number of carbonyl (C=O) groups excluding carboxylic acids is 1. The third kappa shape index (κ3) is 2.40. The molecule has 0 aliphatic carbocycles. The maximum atomic E-state index is 12.5. The van der Waals surface area contributed by atoms with Crippen LogP contribution in [0, 0.1) is 0 Å². The highest BCUT2D eigenvalue weighted by atomic mass is 32.2. The Hall–Kier alpha value is -2.20. The molecule has 1 amide bonds. The highest BCUT2D eigenvalue weighted by Crippen LogP contribution is 2.36. The summed E-state index contributed by atoms with van der Waals surface area (Å²) in [5, 5.41) is 4.06. The Morgan fingerprint density at radius 3 is 2.86 bits per heavy atom. The van der Waals surface area contributed by atoms with E-state index in [1.54, 1.807) is 6.07 Å². The van der Waals surface area contributed by atoms with Gasteiger partial charge in [0.1, 0.15) is 5.58 Å². The average molecular weight is 309 g/mol. The smallest absolute Gasteiger partial charge is 0.287 e. The van der Waals surface area contributed by atoms with E-state index in [9.17, 15) is 4.79 Å². The average Bonchev–Trinajstić information content (AvgIpc) is 2.99. The van der Waals surface area contributed by atoms with Crippen molar-refractivity contribution in [2.24, 2.45) is 0 Å². The molecule has 2 aromatic carbocycles. The van der Waals surface area contributed by atoms with Crippen LogP contribution in [0.4, 0.5) is 0 Å². The van der Waals surface area contributed by atoms with Crippen LogP contribution in [-0.4, -0.2) is 11.7 Å². The van der Waals surface area contributed by atoms with Crippen LogP contribution in [0.3, 0.4) is 0 Å². The molecule has 4 heteroatoms. The molecule has 3 nitrogen and oxygen atoms in total. The summed E-state index contributed by atoms with van der Waals surface area (Å²) >= 11 is 1.84. The first-order valence-corrected chi connectivity index (χ1v) is 8.31. The molecule has 0 spiro atoms. The molecule has 3 aromatic rings. The molecule has 0 bridgehead atoms. The third-order valence-corrected chi connectivity index (χ3v) is 5.04. The summed E-state index contributed by atoms with van der Waals surface area (Å²) in [5.74, 6) is 1.24. The molecule has 110 valence electrons. The number of thioether (sulfide) groups is 1. The van der Waals surface area contributed by atoms with E-state index in [-0.39, 0.29) is 11.9 Å². The lowest BCUT2D eigenvalue weighted by Gasteiger charge is -2.25. The Balaban J connectivity index is 1.60. The van der Waals surface area contributed by atoms with Gasteiger partial charge in [0.25, 0.3) is 5.91 Å². The topological polar surface area (TPSA) is 42.2 Å². The molecule has 1 aliphatic rings. The van der Waals surface area contributed by atoms with Crippen LogP contribution in [0.5, 0.6) is 0 Å². The van der Waals surface area contributed by atoms with Gasteiger partial charge in [0.15, 0.2) is 5.76 Å². The SMILES string of the molecule is O=C(NC1CCSc2ccccc21)c1cc2ccccc2o1. The molecule has 1 aromatic heterocycles. The summed E-state index contributed by atoms with van der Waals surface area (Å²) < 4.78 is 5.64. The van der Waals surface area contributed by atoms with Crippen molar-refractivity contribution in [3.8, 4) is 0 Å². The van der Waals surface area contributed by atoms with Crippen molar-refractivity contribution >= 4 is 28.6 Å². The summed E-state index contributed by atoms with van der Waals surface area (Å²) in [6, 6.07) is 17.8. The van der Waals surface area contributed by atoms with Crippen LogP contribution >= 0.6 is 11.8 Å². The minimum Gasteiger partial charge on any atom is -0.451 e. The molecule has 0 saturated carbocycles. The number of rotatable bonds is 2. The Kier molecular flexibility index (Phi) is 3.39. The van der Waals surface area contributed by atoms with Gasteiger partial charge in [-0.05, 0) is 30.2 Å². The summed E-state index contributed by atoms with van der Waals surface area (Å²) in [6.07, 6.45) is 0.938. The normalized spacial score (nSPS) is 17.2. The van der Waals surface area contributed by atoms with E-state index >= 15 is 0 Å². The molecule has 0 radical (unpaired) electrons. The lowest BCUT2D eigenvalue weighted by atomic mass is 10.0. The van der Waals surface area contributed by atoms with Crippen molar-refractivity contribution < 1.29 is 9.21 Å². The quantitative estimate of drug-likeness (QED) is 0.763. The Morgan fingerprint density at radius 1 is 1.14 bits per heavy atom. The van der Waals surface area contributed by atoms with Crippen molar-refractivity contribution in [1.82, 2.24) is 5.32 Å². The zero-order valence-corrected chi connectivity index (χ0v) is 12.7. The molecule has 1 unspecified atom stereocenters. The fraction of sp³-hybridized carbons (Fsp3) is 0.167. The lowest BCUT2D eigenvalue weighted by molar-refractivity contribution is 0.0909. The largest absolute Gasteiger partial charge is 0.451 e. The van der Waals surface area contributed by atoms with Crippen LogP contribution in [-0.2, 0) is 0 Å². The first-order valence-electron chi connectivity index (χ1n) is 7.32. The van der Waals surface area contributed by atoms with Crippen LogP contribution in [0.1, 0.15) is 28.6 Å². The number of para-hydroxylation sites is 1. The number of nitrogens with one attached hydrogen (secondary N) is 1. The maximum absolute atomic E-state index is 12.5. The van der Waals surface area contributed by atoms with Gasteiger partial charge in [0.2, 0.25) is 0 Å². The number of amides is 1. The lowest BCUT2D eigenvalue weighted by Crippen LogP contribution is -2.30. The number of carbonyl (C=O) groups is 1. The summed E-state index contributed by atoms with van der Waals surface area (Å²) in [6.45, 7) is 0. The van der Waals surface area contributed by atoms with Crippen molar-refractivity contribution in [3.05, 3.63) is 65.9 Å². The molecule has 2 heterocycles. The number of hydrogen-bond acceptors (Lipinski definition) is 3. The van der Waals surface area contributed by atoms with Gasteiger partial charge >= 0.3 is 0 Å². The second-order valence-corrected chi connectivity index (χ2v) is 6.49. The molecule has 0 fully saturated rings. The highest BCUT2D eigenvalue weighted by molar-refractivity contribution is 7.99. The molecule has 4 rings (SSSR count). The van der Waals surface area contributed by atoms with Gasteiger partial charge < -0.3 is 9.73 Å². The second kappa shape index (κ2) is 5.54. The monoisotopic (exact) mass is 309 g/mol. The number of hydrogen-bond donors (Lipinski definition) is 1. The molecule has 1 aliphatic heterocycles. The highest BCUT2D eigenvalue weighted by Gasteiger charge is 2.23. The second-order valence-electron chi connectivity index (χ2n) is 5.35. The van der Waals surface area contributed by atoms with Crippen molar-refractivity contribution in [3.63, 3.8) is 0 Å². The fourth-order valence-electron chi connectivity index (χ4n) is 2.82. The van der Waals surface area contributed by atoms with E-state index in [0.717, 1.165) is 23.1 Å². The van der Waals surface area contributed by atoms with Gasteiger partial charge in [0.05, 0.1) is 6.04 Å².